The summed E-state index contributed by atoms with van der Waals surface area (Å²) < 4.78 is 45.0. The SMILES string of the molecule is CCOC(=O)C(C)C(=O)CC[C@@H](C)[C@H]1CC[C@H]2[C@@H]3[C@H](OC4CCCCO4)C[C@@H]4C[C@H](OC5CCCCO5)CC[C@]4(C)[C@H]3C[C@H](OC3CCCCO3)[C@]12C. The Labute approximate surface area is 320 Å². The molecule has 3 heterocycles. The van der Waals surface area contributed by atoms with Crippen molar-refractivity contribution < 1.29 is 42.7 Å². The van der Waals surface area contributed by atoms with Gasteiger partial charge in [-0.25, -0.2) is 0 Å². The van der Waals surface area contributed by atoms with Gasteiger partial charge in [-0.15, -0.1) is 0 Å². The Kier molecular flexibility index (Phi) is 13.3. The van der Waals surface area contributed by atoms with Crippen LogP contribution in [0.5, 0.6) is 0 Å². The van der Waals surface area contributed by atoms with Gasteiger partial charge in [-0.1, -0.05) is 20.8 Å². The van der Waals surface area contributed by atoms with Crippen LogP contribution in [-0.4, -0.2) is 75.4 Å². The van der Waals surface area contributed by atoms with Gasteiger partial charge >= 0.3 is 5.97 Å². The summed E-state index contributed by atoms with van der Waals surface area (Å²) in [7, 11) is 0. The van der Waals surface area contributed by atoms with Crippen molar-refractivity contribution in [1.29, 1.82) is 0 Å². The van der Waals surface area contributed by atoms with E-state index in [2.05, 4.69) is 20.8 Å². The molecule has 4 aliphatic carbocycles. The smallest absolute Gasteiger partial charge is 0.316 e. The second-order valence-corrected chi connectivity index (χ2v) is 18.7. The van der Waals surface area contributed by atoms with Crippen LogP contribution in [-0.2, 0) is 42.7 Å². The number of rotatable bonds is 13. The fourth-order valence-electron chi connectivity index (χ4n) is 12.8. The summed E-state index contributed by atoms with van der Waals surface area (Å²) in [5, 5.41) is 0. The highest BCUT2D eigenvalue weighted by molar-refractivity contribution is 5.98. The average Bonchev–Trinajstić information content (AvgIpc) is 3.53. The molecule has 9 heteroatoms. The van der Waals surface area contributed by atoms with Crippen molar-refractivity contribution in [2.24, 2.45) is 52.3 Å². The van der Waals surface area contributed by atoms with Crippen molar-refractivity contribution in [1.82, 2.24) is 0 Å². The third-order valence-corrected chi connectivity index (χ3v) is 15.8. The molecule has 0 N–H and O–H groups in total. The number of esters is 1. The molecular formula is C44H72O9. The molecule has 7 fully saturated rings. The quantitative estimate of drug-likeness (QED) is 0.104. The van der Waals surface area contributed by atoms with E-state index in [1.807, 2.05) is 0 Å². The molecule has 0 spiro atoms. The topological polar surface area (TPSA) is 98.8 Å². The van der Waals surface area contributed by atoms with Crippen molar-refractivity contribution in [3.8, 4) is 0 Å². The van der Waals surface area contributed by atoms with E-state index in [4.69, 9.17) is 33.2 Å². The number of hydrogen-bond donors (Lipinski definition) is 0. The van der Waals surface area contributed by atoms with Crippen LogP contribution in [0.25, 0.3) is 0 Å². The largest absolute Gasteiger partial charge is 0.465 e. The predicted molar refractivity (Wildman–Crippen MR) is 201 cm³/mol. The third-order valence-electron chi connectivity index (χ3n) is 15.8. The Hall–Kier alpha value is -1.10. The average molecular weight is 745 g/mol. The Morgan fingerprint density at radius 3 is 2.00 bits per heavy atom. The Bertz CT molecular complexity index is 1210. The standard InChI is InChI=1S/C44H72O9/c1-6-47-42(46)29(3)35(45)19-16-28(2)32-17-18-33-41-34(27-37(44(32,33)5)53-40-15-9-12-24-50-40)43(4)21-20-31(51-38-13-7-10-22-48-38)25-30(43)26-36(41)52-39-14-8-11-23-49-39/h28-34,36-41H,6-27H2,1-5H3/t28-,29?,30+,31-,32-,33+,34+,36-,37+,38?,39?,40?,41+,43+,44-/m1/s1. The molecule has 4 unspecified atom stereocenters. The van der Waals surface area contributed by atoms with Gasteiger partial charge in [0.2, 0.25) is 0 Å². The van der Waals surface area contributed by atoms with E-state index in [9.17, 15) is 9.59 Å². The summed E-state index contributed by atoms with van der Waals surface area (Å²) in [4.78, 5) is 25.6. The number of carbonyl (C=O) groups is 2. The van der Waals surface area contributed by atoms with Crippen molar-refractivity contribution in [3.05, 3.63) is 0 Å². The number of ketones is 1. The van der Waals surface area contributed by atoms with Gasteiger partial charge in [0, 0.05) is 31.7 Å². The third kappa shape index (κ3) is 8.47. The zero-order valence-corrected chi connectivity index (χ0v) is 33.7. The predicted octanol–water partition coefficient (Wildman–Crippen LogP) is 8.79. The minimum atomic E-state index is -0.712. The first kappa shape index (κ1) is 40.1. The summed E-state index contributed by atoms with van der Waals surface area (Å²) in [5.74, 6) is 1.48. The van der Waals surface area contributed by atoms with E-state index in [1.165, 1.54) is 12.8 Å². The second-order valence-electron chi connectivity index (χ2n) is 18.7. The number of Topliss-reactive ketones (excluding diaryl/α,β-unsaturated/α-hetero) is 1. The van der Waals surface area contributed by atoms with Gasteiger partial charge in [-0.2, -0.15) is 0 Å². The fraction of sp³-hybridized carbons (Fsp3) is 0.955. The highest BCUT2D eigenvalue weighted by Gasteiger charge is 2.67. The Balaban J connectivity index is 1.16. The molecule has 15 atom stereocenters. The molecule has 302 valence electrons. The lowest BCUT2D eigenvalue weighted by molar-refractivity contribution is -0.289. The monoisotopic (exact) mass is 745 g/mol. The van der Waals surface area contributed by atoms with Crippen LogP contribution >= 0.6 is 0 Å². The molecule has 9 nitrogen and oxygen atoms in total. The first-order chi connectivity index (χ1) is 25.6. The van der Waals surface area contributed by atoms with Crippen LogP contribution in [0.4, 0.5) is 0 Å². The van der Waals surface area contributed by atoms with E-state index in [0.29, 0.717) is 48.5 Å². The van der Waals surface area contributed by atoms with Gasteiger partial charge in [0.05, 0.1) is 24.9 Å². The molecule has 4 saturated carbocycles. The molecule has 3 saturated heterocycles. The van der Waals surface area contributed by atoms with Crippen LogP contribution in [0.2, 0.25) is 0 Å². The summed E-state index contributed by atoms with van der Waals surface area (Å²) in [6.07, 6.45) is 18.8. The minimum absolute atomic E-state index is 0.0102. The molecule has 0 aromatic rings. The fourth-order valence-corrected chi connectivity index (χ4v) is 12.8. The maximum absolute atomic E-state index is 13.2. The first-order valence-corrected chi connectivity index (χ1v) is 22.1. The molecule has 0 aromatic carbocycles. The van der Waals surface area contributed by atoms with Gasteiger partial charge in [-0.3, -0.25) is 9.59 Å². The lowest BCUT2D eigenvalue weighted by Gasteiger charge is -2.65. The summed E-state index contributed by atoms with van der Waals surface area (Å²) in [5.41, 5.74) is 0.106. The summed E-state index contributed by atoms with van der Waals surface area (Å²) in [6.45, 7) is 13.7. The summed E-state index contributed by atoms with van der Waals surface area (Å²) >= 11 is 0. The highest BCUT2D eigenvalue weighted by Crippen LogP contribution is 2.69. The van der Waals surface area contributed by atoms with E-state index >= 15 is 0 Å². The molecule has 0 amide bonds. The highest BCUT2D eigenvalue weighted by atomic mass is 16.7. The number of carbonyl (C=O) groups excluding carboxylic acids is 2. The Morgan fingerprint density at radius 1 is 0.736 bits per heavy atom. The van der Waals surface area contributed by atoms with Crippen molar-refractivity contribution in [2.75, 3.05) is 26.4 Å². The van der Waals surface area contributed by atoms with Crippen molar-refractivity contribution in [2.45, 2.75) is 187 Å². The lowest BCUT2D eigenvalue weighted by Crippen LogP contribution is -2.64. The molecule has 0 radical (unpaired) electrons. The van der Waals surface area contributed by atoms with Gasteiger partial charge in [0.15, 0.2) is 18.9 Å². The number of fused-ring (bicyclic) bond motifs is 5. The van der Waals surface area contributed by atoms with Crippen LogP contribution in [0.3, 0.4) is 0 Å². The van der Waals surface area contributed by atoms with Crippen LogP contribution < -0.4 is 0 Å². The first-order valence-electron chi connectivity index (χ1n) is 22.1. The van der Waals surface area contributed by atoms with Gasteiger partial charge in [-0.05, 0) is 164 Å². The minimum Gasteiger partial charge on any atom is -0.465 e. The van der Waals surface area contributed by atoms with E-state index in [-0.39, 0.29) is 53.8 Å². The summed E-state index contributed by atoms with van der Waals surface area (Å²) in [6, 6.07) is 0. The van der Waals surface area contributed by atoms with Crippen LogP contribution in [0, 0.1) is 52.3 Å². The van der Waals surface area contributed by atoms with Gasteiger partial charge < -0.3 is 33.2 Å². The van der Waals surface area contributed by atoms with Gasteiger partial charge in [0.1, 0.15) is 11.7 Å². The molecule has 53 heavy (non-hydrogen) atoms. The van der Waals surface area contributed by atoms with Crippen LogP contribution in [0.1, 0.15) is 150 Å². The molecule has 0 bridgehead atoms. The normalized spacial score (nSPS) is 44.2. The maximum Gasteiger partial charge on any atom is 0.316 e. The zero-order chi connectivity index (χ0) is 37.2. The maximum atomic E-state index is 13.2. The van der Waals surface area contributed by atoms with Gasteiger partial charge in [0.25, 0.3) is 0 Å². The van der Waals surface area contributed by atoms with Crippen molar-refractivity contribution >= 4 is 11.8 Å². The molecule has 7 rings (SSSR count). The zero-order valence-electron chi connectivity index (χ0n) is 33.7. The number of ether oxygens (including phenoxy) is 7. The van der Waals surface area contributed by atoms with E-state index in [1.54, 1.807) is 13.8 Å². The van der Waals surface area contributed by atoms with E-state index < -0.39 is 11.9 Å². The molecular weight excluding hydrogens is 672 g/mol. The molecule has 7 aliphatic rings. The molecule has 0 aromatic heterocycles. The lowest BCUT2D eigenvalue weighted by atomic mass is 9.43. The van der Waals surface area contributed by atoms with E-state index in [0.717, 1.165) is 116 Å². The Morgan fingerprint density at radius 2 is 1.38 bits per heavy atom. The van der Waals surface area contributed by atoms with Crippen LogP contribution in [0.15, 0.2) is 0 Å². The number of hydrogen-bond acceptors (Lipinski definition) is 9. The van der Waals surface area contributed by atoms with Crippen molar-refractivity contribution in [3.63, 3.8) is 0 Å². The molecule has 3 aliphatic heterocycles. The second kappa shape index (κ2) is 17.6.